The van der Waals surface area contributed by atoms with Crippen molar-refractivity contribution in [2.75, 3.05) is 18.5 Å². The largest absolute Gasteiger partial charge is 0.486 e. The molecule has 124 valence electrons. The fourth-order valence-corrected chi connectivity index (χ4v) is 3.71. The van der Waals surface area contributed by atoms with Crippen LogP contribution in [0.15, 0.2) is 54.0 Å². The molecule has 0 spiro atoms. The normalized spacial score (nSPS) is 13.1. The standard InChI is InChI=1S/C19H15N3O2S/c1-2-4-15-13(3-1)14(10-20-15)16-11-25-19(22-16)21-12-5-6-17-18(9-12)24-8-7-23-17/h1-6,9-11,20H,7-8H2,(H,21,22). The number of H-pyrrole nitrogens is 1. The van der Waals surface area contributed by atoms with Crippen LogP contribution in [0.2, 0.25) is 0 Å². The van der Waals surface area contributed by atoms with Crippen LogP contribution in [0.3, 0.4) is 0 Å². The minimum atomic E-state index is 0.582. The molecule has 0 unspecified atom stereocenters. The quantitative estimate of drug-likeness (QED) is 0.557. The van der Waals surface area contributed by atoms with Crippen LogP contribution in [0.25, 0.3) is 22.2 Å². The van der Waals surface area contributed by atoms with Crippen molar-refractivity contribution >= 4 is 33.1 Å². The summed E-state index contributed by atoms with van der Waals surface area (Å²) < 4.78 is 11.2. The molecule has 2 aromatic carbocycles. The lowest BCUT2D eigenvalue weighted by Crippen LogP contribution is -2.15. The topological polar surface area (TPSA) is 59.2 Å². The van der Waals surface area contributed by atoms with E-state index >= 15 is 0 Å². The van der Waals surface area contributed by atoms with E-state index in [2.05, 4.69) is 27.8 Å². The van der Waals surface area contributed by atoms with Gasteiger partial charge in [-0.15, -0.1) is 11.3 Å². The van der Waals surface area contributed by atoms with Crippen molar-refractivity contribution in [3.8, 4) is 22.8 Å². The number of rotatable bonds is 3. The highest BCUT2D eigenvalue weighted by Crippen LogP contribution is 2.35. The van der Waals surface area contributed by atoms with Crippen molar-refractivity contribution in [3.05, 3.63) is 54.0 Å². The lowest BCUT2D eigenvalue weighted by molar-refractivity contribution is 0.171. The highest BCUT2D eigenvalue weighted by Gasteiger charge is 2.13. The van der Waals surface area contributed by atoms with Gasteiger partial charge in [-0.3, -0.25) is 0 Å². The number of benzene rings is 2. The summed E-state index contributed by atoms with van der Waals surface area (Å²) in [4.78, 5) is 8.02. The summed E-state index contributed by atoms with van der Waals surface area (Å²) >= 11 is 1.58. The molecule has 4 aromatic rings. The van der Waals surface area contributed by atoms with Gasteiger partial charge in [-0.25, -0.2) is 4.98 Å². The molecule has 0 saturated carbocycles. The molecule has 2 N–H and O–H groups in total. The van der Waals surface area contributed by atoms with Crippen molar-refractivity contribution in [1.29, 1.82) is 0 Å². The Morgan fingerprint density at radius 2 is 1.92 bits per heavy atom. The van der Waals surface area contributed by atoms with E-state index in [4.69, 9.17) is 14.5 Å². The zero-order valence-corrected chi connectivity index (χ0v) is 14.1. The Balaban J connectivity index is 1.43. The van der Waals surface area contributed by atoms with E-state index in [9.17, 15) is 0 Å². The van der Waals surface area contributed by atoms with Crippen molar-refractivity contribution < 1.29 is 9.47 Å². The second-order valence-electron chi connectivity index (χ2n) is 5.77. The second-order valence-corrected chi connectivity index (χ2v) is 6.63. The molecule has 0 fully saturated rings. The van der Waals surface area contributed by atoms with E-state index in [-0.39, 0.29) is 0 Å². The Morgan fingerprint density at radius 1 is 1.04 bits per heavy atom. The first-order valence-corrected chi connectivity index (χ1v) is 8.93. The third-order valence-electron chi connectivity index (χ3n) is 4.16. The molecule has 5 nitrogen and oxygen atoms in total. The minimum absolute atomic E-state index is 0.582. The summed E-state index contributed by atoms with van der Waals surface area (Å²) in [6, 6.07) is 14.1. The first-order chi connectivity index (χ1) is 12.4. The monoisotopic (exact) mass is 349 g/mol. The summed E-state index contributed by atoms with van der Waals surface area (Å²) in [5.41, 5.74) is 4.13. The number of ether oxygens (including phenoxy) is 2. The van der Waals surface area contributed by atoms with Crippen LogP contribution in [0.5, 0.6) is 11.5 Å². The van der Waals surface area contributed by atoms with Crippen LogP contribution in [-0.4, -0.2) is 23.2 Å². The van der Waals surface area contributed by atoms with E-state index in [0.29, 0.717) is 13.2 Å². The molecule has 25 heavy (non-hydrogen) atoms. The molecule has 0 amide bonds. The van der Waals surface area contributed by atoms with E-state index in [0.717, 1.165) is 39.1 Å². The first kappa shape index (κ1) is 14.4. The molecule has 1 aliphatic heterocycles. The molecule has 5 rings (SSSR count). The SMILES string of the molecule is c1ccc2c(-c3csc(Nc4ccc5c(c4)OCCO5)n3)c[nH]c2c1. The zero-order valence-electron chi connectivity index (χ0n) is 13.3. The summed E-state index contributed by atoms with van der Waals surface area (Å²) in [6.45, 7) is 1.18. The molecule has 6 heteroatoms. The molecule has 3 heterocycles. The van der Waals surface area contributed by atoms with E-state index in [1.165, 1.54) is 5.39 Å². The van der Waals surface area contributed by atoms with Gasteiger partial charge in [0.25, 0.3) is 0 Å². The first-order valence-electron chi connectivity index (χ1n) is 8.05. The number of nitrogens with one attached hydrogen (secondary N) is 2. The van der Waals surface area contributed by atoms with Crippen LogP contribution in [-0.2, 0) is 0 Å². The Morgan fingerprint density at radius 3 is 2.88 bits per heavy atom. The molecular weight excluding hydrogens is 334 g/mol. The predicted molar refractivity (Wildman–Crippen MR) is 100 cm³/mol. The van der Waals surface area contributed by atoms with Gasteiger partial charge in [0.05, 0.1) is 5.69 Å². The van der Waals surface area contributed by atoms with Crippen molar-refractivity contribution in [1.82, 2.24) is 9.97 Å². The second kappa shape index (κ2) is 5.82. The predicted octanol–water partition coefficient (Wildman–Crippen LogP) is 4.81. The third-order valence-corrected chi connectivity index (χ3v) is 4.92. The summed E-state index contributed by atoms with van der Waals surface area (Å²) in [6.07, 6.45) is 2.01. The van der Waals surface area contributed by atoms with E-state index < -0.39 is 0 Å². The average molecular weight is 349 g/mol. The number of para-hydroxylation sites is 1. The molecule has 0 atom stereocenters. The van der Waals surface area contributed by atoms with Crippen LogP contribution in [0.1, 0.15) is 0 Å². The van der Waals surface area contributed by atoms with E-state index in [1.807, 2.05) is 36.5 Å². The Hall–Kier alpha value is -2.99. The van der Waals surface area contributed by atoms with Gasteiger partial charge in [-0.05, 0) is 18.2 Å². The summed E-state index contributed by atoms with van der Waals surface area (Å²) in [5, 5.41) is 7.44. The number of hydrogen-bond donors (Lipinski definition) is 2. The van der Waals surface area contributed by atoms with Crippen molar-refractivity contribution in [2.45, 2.75) is 0 Å². The molecule has 0 radical (unpaired) electrons. The molecule has 2 aromatic heterocycles. The van der Waals surface area contributed by atoms with Crippen LogP contribution < -0.4 is 14.8 Å². The maximum Gasteiger partial charge on any atom is 0.187 e. The van der Waals surface area contributed by atoms with Gasteiger partial charge in [0.1, 0.15) is 13.2 Å². The number of anilines is 2. The highest BCUT2D eigenvalue weighted by molar-refractivity contribution is 7.14. The zero-order chi connectivity index (χ0) is 16.6. The van der Waals surface area contributed by atoms with Crippen LogP contribution in [0, 0.1) is 0 Å². The van der Waals surface area contributed by atoms with Gasteiger partial charge in [0.2, 0.25) is 0 Å². The van der Waals surface area contributed by atoms with Gasteiger partial charge >= 0.3 is 0 Å². The Kier molecular flexibility index (Phi) is 3.34. The lowest BCUT2D eigenvalue weighted by atomic mass is 10.1. The number of nitrogens with zero attached hydrogens (tertiary/aromatic N) is 1. The van der Waals surface area contributed by atoms with Gasteiger partial charge in [0, 0.05) is 39.8 Å². The Labute approximate surface area is 148 Å². The number of fused-ring (bicyclic) bond motifs is 2. The summed E-state index contributed by atoms with van der Waals surface area (Å²) in [5.74, 6) is 1.56. The highest BCUT2D eigenvalue weighted by atomic mass is 32.1. The summed E-state index contributed by atoms with van der Waals surface area (Å²) in [7, 11) is 0. The number of thiazole rings is 1. The van der Waals surface area contributed by atoms with Crippen LogP contribution in [0.4, 0.5) is 10.8 Å². The Bertz CT molecular complexity index is 1050. The number of aromatic amines is 1. The fraction of sp³-hybridized carbons (Fsp3) is 0.105. The minimum Gasteiger partial charge on any atom is -0.486 e. The maximum absolute atomic E-state index is 5.63. The molecule has 1 aliphatic rings. The molecule has 0 aliphatic carbocycles. The third kappa shape index (κ3) is 2.60. The maximum atomic E-state index is 5.63. The molecular formula is C19H15N3O2S. The van der Waals surface area contributed by atoms with Gasteiger partial charge in [-0.2, -0.15) is 0 Å². The van der Waals surface area contributed by atoms with Crippen molar-refractivity contribution in [3.63, 3.8) is 0 Å². The van der Waals surface area contributed by atoms with Gasteiger partial charge in [0.15, 0.2) is 16.6 Å². The molecule has 0 bridgehead atoms. The van der Waals surface area contributed by atoms with Crippen LogP contribution >= 0.6 is 11.3 Å². The number of hydrogen-bond acceptors (Lipinski definition) is 5. The van der Waals surface area contributed by atoms with Gasteiger partial charge < -0.3 is 19.8 Å². The van der Waals surface area contributed by atoms with Crippen molar-refractivity contribution in [2.24, 2.45) is 0 Å². The van der Waals surface area contributed by atoms with Gasteiger partial charge in [-0.1, -0.05) is 18.2 Å². The fourth-order valence-electron chi connectivity index (χ4n) is 2.98. The smallest absolute Gasteiger partial charge is 0.187 e. The lowest BCUT2D eigenvalue weighted by Gasteiger charge is -2.18. The molecule has 0 saturated heterocycles. The van der Waals surface area contributed by atoms with E-state index in [1.54, 1.807) is 11.3 Å². The average Bonchev–Trinajstić information content (AvgIpc) is 3.28. The number of aromatic nitrogens is 2.